The van der Waals surface area contributed by atoms with E-state index in [1.165, 1.54) is 11.3 Å². The third-order valence-electron chi connectivity index (χ3n) is 6.40. The Morgan fingerprint density at radius 3 is 2.57 bits per heavy atom. The van der Waals surface area contributed by atoms with E-state index in [0.717, 1.165) is 15.8 Å². The summed E-state index contributed by atoms with van der Waals surface area (Å²) in [5, 5.41) is 0.925. The summed E-state index contributed by atoms with van der Waals surface area (Å²) in [6.07, 6.45) is 0. The second-order valence-electron chi connectivity index (χ2n) is 8.79. The largest absolute Gasteiger partial charge is 0.490 e. The Bertz CT molecular complexity index is 1740. The number of amides is 1. The molecule has 37 heavy (non-hydrogen) atoms. The van der Waals surface area contributed by atoms with E-state index in [2.05, 4.69) is 0 Å². The molecule has 1 aliphatic heterocycles. The number of benzene rings is 3. The van der Waals surface area contributed by atoms with Gasteiger partial charge in [0.05, 0.1) is 40.4 Å². The molecule has 3 aromatic carbocycles. The molecule has 0 N–H and O–H groups in total. The zero-order chi connectivity index (χ0) is 25.7. The van der Waals surface area contributed by atoms with Crippen molar-refractivity contribution in [2.45, 2.75) is 26.8 Å². The first-order chi connectivity index (χ1) is 18.0. The van der Waals surface area contributed by atoms with Crippen LogP contribution >= 0.6 is 11.3 Å². The molecular weight excluding hydrogens is 488 g/mol. The molecule has 0 spiro atoms. The van der Waals surface area contributed by atoms with Crippen molar-refractivity contribution in [3.8, 4) is 11.5 Å². The molecule has 5 aromatic rings. The highest BCUT2D eigenvalue weighted by Gasteiger charge is 2.45. The fourth-order valence-electron chi connectivity index (χ4n) is 4.79. The quantitative estimate of drug-likeness (QED) is 0.267. The van der Waals surface area contributed by atoms with Gasteiger partial charge in [-0.25, -0.2) is 4.98 Å². The highest BCUT2D eigenvalue weighted by Crippen LogP contribution is 2.45. The van der Waals surface area contributed by atoms with Crippen LogP contribution in [-0.4, -0.2) is 24.1 Å². The van der Waals surface area contributed by atoms with Crippen LogP contribution < -0.4 is 19.8 Å². The molecule has 1 amide bonds. The van der Waals surface area contributed by atoms with Crippen LogP contribution in [0, 0.1) is 6.92 Å². The molecule has 1 atom stereocenters. The monoisotopic (exact) mass is 512 g/mol. The van der Waals surface area contributed by atoms with Crippen LogP contribution in [0.2, 0.25) is 0 Å². The van der Waals surface area contributed by atoms with Gasteiger partial charge in [0, 0.05) is 0 Å². The van der Waals surface area contributed by atoms with Crippen molar-refractivity contribution < 1.29 is 18.7 Å². The zero-order valence-electron chi connectivity index (χ0n) is 20.6. The number of ether oxygens (including phenoxy) is 2. The van der Waals surface area contributed by atoms with E-state index in [0.29, 0.717) is 51.9 Å². The van der Waals surface area contributed by atoms with Gasteiger partial charge >= 0.3 is 0 Å². The summed E-state index contributed by atoms with van der Waals surface area (Å²) in [6.45, 7) is 6.74. The minimum absolute atomic E-state index is 0.0379. The van der Waals surface area contributed by atoms with E-state index in [4.69, 9.17) is 18.9 Å². The number of nitrogens with zero attached hydrogens (tertiary/aromatic N) is 2. The maximum absolute atomic E-state index is 13.9. The van der Waals surface area contributed by atoms with E-state index in [1.54, 1.807) is 29.2 Å². The highest BCUT2D eigenvalue weighted by molar-refractivity contribution is 7.22. The van der Waals surface area contributed by atoms with Gasteiger partial charge in [-0.15, -0.1) is 0 Å². The second-order valence-corrected chi connectivity index (χ2v) is 9.80. The Morgan fingerprint density at radius 2 is 1.76 bits per heavy atom. The van der Waals surface area contributed by atoms with Crippen LogP contribution in [-0.2, 0) is 0 Å². The number of para-hydroxylation sites is 1. The van der Waals surface area contributed by atoms with Gasteiger partial charge in [0.15, 0.2) is 22.1 Å². The number of hydrogen-bond acceptors (Lipinski definition) is 7. The maximum atomic E-state index is 13.9. The van der Waals surface area contributed by atoms with Gasteiger partial charge in [0.1, 0.15) is 5.58 Å². The molecule has 0 bridgehead atoms. The maximum Gasteiger partial charge on any atom is 0.297 e. The Kier molecular flexibility index (Phi) is 5.68. The number of anilines is 1. The number of fused-ring (bicyclic) bond motifs is 3. The lowest BCUT2D eigenvalue weighted by Gasteiger charge is -2.23. The number of carbonyl (C=O) groups excluding carboxylic acids is 1. The summed E-state index contributed by atoms with van der Waals surface area (Å²) >= 11 is 1.41. The number of hydrogen-bond donors (Lipinski definition) is 0. The number of thiazole rings is 1. The standard InChI is InChI=1S/C29H24N2O5S/c1-4-34-21-13-11-17(15-22(21)35-5-2)25-24-26(32)18-8-6-7-9-20(18)36-27(24)28(33)31(25)29-30-19-12-10-16(3)14-23(19)37-29/h6-15,25H,4-5H2,1-3H3/t25-/m0/s1. The summed E-state index contributed by atoms with van der Waals surface area (Å²) in [5.74, 6) is 0.791. The van der Waals surface area contributed by atoms with Crippen molar-refractivity contribution in [2.75, 3.05) is 18.1 Å². The summed E-state index contributed by atoms with van der Waals surface area (Å²) < 4.78 is 18.6. The zero-order valence-corrected chi connectivity index (χ0v) is 21.4. The third-order valence-corrected chi connectivity index (χ3v) is 7.42. The summed E-state index contributed by atoms with van der Waals surface area (Å²) in [7, 11) is 0. The van der Waals surface area contributed by atoms with Crippen molar-refractivity contribution >= 4 is 43.6 Å². The number of rotatable bonds is 6. The van der Waals surface area contributed by atoms with Crippen molar-refractivity contribution in [3.63, 3.8) is 0 Å². The Morgan fingerprint density at radius 1 is 0.973 bits per heavy atom. The topological polar surface area (TPSA) is 81.9 Å². The van der Waals surface area contributed by atoms with Crippen molar-refractivity contribution in [1.29, 1.82) is 0 Å². The summed E-state index contributed by atoms with van der Waals surface area (Å²) in [4.78, 5) is 34.1. The first-order valence-corrected chi connectivity index (χ1v) is 13.0. The van der Waals surface area contributed by atoms with Crippen LogP contribution in [0.4, 0.5) is 5.13 Å². The van der Waals surface area contributed by atoms with Gasteiger partial charge in [0.25, 0.3) is 5.91 Å². The van der Waals surface area contributed by atoms with E-state index in [-0.39, 0.29) is 11.2 Å². The van der Waals surface area contributed by atoms with Crippen LogP contribution in [0.15, 0.2) is 69.9 Å². The van der Waals surface area contributed by atoms with Gasteiger partial charge in [-0.3, -0.25) is 14.5 Å². The summed E-state index contributed by atoms with van der Waals surface area (Å²) in [6, 6.07) is 17.7. The van der Waals surface area contributed by atoms with Gasteiger partial charge in [0.2, 0.25) is 5.76 Å². The van der Waals surface area contributed by atoms with Crippen LogP contribution in [0.5, 0.6) is 11.5 Å². The first kappa shape index (κ1) is 23.2. The Labute approximate surface area is 216 Å². The smallest absolute Gasteiger partial charge is 0.297 e. The van der Waals surface area contributed by atoms with E-state index < -0.39 is 11.9 Å². The fourth-order valence-corrected chi connectivity index (χ4v) is 5.88. The van der Waals surface area contributed by atoms with E-state index in [1.807, 2.05) is 57.2 Å². The molecule has 2 aromatic heterocycles. The average molecular weight is 513 g/mol. The molecule has 3 heterocycles. The lowest BCUT2D eigenvalue weighted by molar-refractivity contribution is 0.0971. The molecule has 0 aliphatic carbocycles. The second kappa shape index (κ2) is 9.05. The molecule has 0 fully saturated rings. The van der Waals surface area contributed by atoms with Crippen LogP contribution in [0.25, 0.3) is 21.2 Å². The number of aryl methyl sites for hydroxylation is 1. The molecule has 0 unspecified atom stereocenters. The van der Waals surface area contributed by atoms with Crippen molar-refractivity contribution in [2.24, 2.45) is 0 Å². The Hall–Kier alpha value is -4.17. The normalized spacial score (nSPS) is 14.9. The van der Waals surface area contributed by atoms with Gasteiger partial charge in [-0.05, 0) is 68.3 Å². The van der Waals surface area contributed by atoms with Gasteiger partial charge < -0.3 is 13.9 Å². The molecule has 1 aliphatic rings. The van der Waals surface area contributed by atoms with E-state index in [9.17, 15) is 9.59 Å². The molecule has 0 radical (unpaired) electrons. The van der Waals surface area contributed by atoms with Crippen molar-refractivity contribution in [1.82, 2.24) is 4.98 Å². The number of carbonyl (C=O) groups is 1. The van der Waals surface area contributed by atoms with Crippen molar-refractivity contribution in [3.05, 3.63) is 93.3 Å². The predicted octanol–water partition coefficient (Wildman–Crippen LogP) is 6.26. The van der Waals surface area contributed by atoms with Crippen LogP contribution in [0.1, 0.15) is 47.1 Å². The summed E-state index contributed by atoms with van der Waals surface area (Å²) in [5.41, 5.74) is 3.04. The first-order valence-electron chi connectivity index (χ1n) is 12.2. The molecule has 186 valence electrons. The lowest BCUT2D eigenvalue weighted by atomic mass is 9.98. The SMILES string of the molecule is CCOc1ccc([C@H]2c3c(oc4ccccc4c3=O)C(=O)N2c2nc3ccc(C)cc3s2)cc1OCC. The predicted molar refractivity (Wildman–Crippen MR) is 144 cm³/mol. The van der Waals surface area contributed by atoms with Gasteiger partial charge in [-0.2, -0.15) is 0 Å². The highest BCUT2D eigenvalue weighted by atomic mass is 32.1. The molecule has 0 saturated carbocycles. The molecule has 6 rings (SSSR count). The minimum Gasteiger partial charge on any atom is -0.490 e. The average Bonchev–Trinajstić information content (AvgIpc) is 3.43. The lowest BCUT2D eigenvalue weighted by Crippen LogP contribution is -2.29. The van der Waals surface area contributed by atoms with E-state index >= 15 is 0 Å². The molecule has 7 nitrogen and oxygen atoms in total. The molecular formula is C29H24N2O5S. The minimum atomic E-state index is -0.736. The van der Waals surface area contributed by atoms with Crippen LogP contribution in [0.3, 0.4) is 0 Å². The number of aromatic nitrogens is 1. The third kappa shape index (κ3) is 3.76. The Balaban J connectivity index is 1.61. The van der Waals surface area contributed by atoms with Gasteiger partial charge in [-0.1, -0.05) is 35.6 Å². The molecule has 8 heteroatoms. The fraction of sp³-hybridized carbons (Fsp3) is 0.207. The molecule has 0 saturated heterocycles.